The molecule has 0 bridgehead atoms. The molecular formula is C20H20Cl3N3O2. The van der Waals surface area contributed by atoms with E-state index >= 15 is 0 Å². The van der Waals surface area contributed by atoms with E-state index in [4.69, 9.17) is 34.8 Å². The Kier molecular flexibility index (Phi) is 6.70. The van der Waals surface area contributed by atoms with Crippen molar-refractivity contribution in [3.05, 3.63) is 57.0 Å². The van der Waals surface area contributed by atoms with Crippen LogP contribution in [0.2, 0.25) is 15.1 Å². The lowest BCUT2D eigenvalue weighted by molar-refractivity contribution is -0.131. The molecule has 148 valence electrons. The summed E-state index contributed by atoms with van der Waals surface area (Å²) in [5, 5.41) is 4.15. The highest BCUT2D eigenvalue weighted by atomic mass is 35.5. The Balaban J connectivity index is 1.80. The summed E-state index contributed by atoms with van der Waals surface area (Å²) in [6, 6.07) is 10.1. The molecule has 3 rings (SSSR count). The minimum atomic E-state index is -0.343. The molecule has 0 radical (unpaired) electrons. The standard InChI is InChI=1S/C20H20Cl3N3O2/c1-2-19(27)26-9-7-25(8-10-26)18-6-4-14(22)12-17(18)24-20(28)15-5-3-13(21)11-16(15)23/h3-6,11-12H,2,7-10H2,1H3,(H,24,28). The molecule has 0 aliphatic carbocycles. The Labute approximate surface area is 179 Å². The Hall–Kier alpha value is -1.95. The van der Waals surface area contributed by atoms with Gasteiger partial charge in [-0.1, -0.05) is 41.7 Å². The molecule has 5 nitrogen and oxygen atoms in total. The summed E-state index contributed by atoms with van der Waals surface area (Å²) in [5.41, 5.74) is 1.78. The SMILES string of the molecule is CCC(=O)N1CCN(c2ccc(Cl)cc2NC(=O)c2ccc(Cl)cc2Cl)CC1. The molecule has 1 aliphatic heterocycles. The fourth-order valence-corrected chi connectivity index (χ4v) is 3.83. The summed E-state index contributed by atoms with van der Waals surface area (Å²) < 4.78 is 0. The first-order chi connectivity index (χ1) is 13.4. The first-order valence-corrected chi connectivity index (χ1v) is 10.1. The van der Waals surface area contributed by atoms with Crippen LogP contribution in [0.4, 0.5) is 11.4 Å². The molecule has 28 heavy (non-hydrogen) atoms. The van der Waals surface area contributed by atoms with Gasteiger partial charge in [-0.3, -0.25) is 9.59 Å². The van der Waals surface area contributed by atoms with Crippen molar-refractivity contribution in [1.82, 2.24) is 4.90 Å². The molecule has 0 unspecified atom stereocenters. The third-order valence-electron chi connectivity index (χ3n) is 4.66. The summed E-state index contributed by atoms with van der Waals surface area (Å²) in [4.78, 5) is 28.6. The van der Waals surface area contributed by atoms with E-state index in [0.29, 0.717) is 53.9 Å². The van der Waals surface area contributed by atoms with Crippen LogP contribution in [-0.2, 0) is 4.79 Å². The van der Waals surface area contributed by atoms with E-state index in [0.717, 1.165) is 5.69 Å². The molecule has 0 aromatic heterocycles. The van der Waals surface area contributed by atoms with E-state index in [-0.39, 0.29) is 16.8 Å². The van der Waals surface area contributed by atoms with Gasteiger partial charge in [0.15, 0.2) is 0 Å². The summed E-state index contributed by atoms with van der Waals surface area (Å²) in [5.74, 6) is -0.188. The van der Waals surface area contributed by atoms with E-state index in [9.17, 15) is 9.59 Å². The minimum absolute atomic E-state index is 0.154. The van der Waals surface area contributed by atoms with Crippen LogP contribution in [0.3, 0.4) is 0 Å². The van der Waals surface area contributed by atoms with Crippen molar-refractivity contribution in [2.75, 3.05) is 36.4 Å². The van der Waals surface area contributed by atoms with Crippen molar-refractivity contribution in [3.8, 4) is 0 Å². The van der Waals surface area contributed by atoms with Gasteiger partial charge in [-0.15, -0.1) is 0 Å². The van der Waals surface area contributed by atoms with E-state index in [1.165, 1.54) is 6.07 Å². The summed E-state index contributed by atoms with van der Waals surface area (Å²) in [7, 11) is 0. The number of hydrogen-bond acceptors (Lipinski definition) is 3. The molecule has 1 fully saturated rings. The molecule has 2 aromatic carbocycles. The number of nitrogens with one attached hydrogen (secondary N) is 1. The second-order valence-corrected chi connectivity index (χ2v) is 7.74. The van der Waals surface area contributed by atoms with E-state index in [2.05, 4.69) is 10.2 Å². The maximum Gasteiger partial charge on any atom is 0.257 e. The maximum absolute atomic E-state index is 12.7. The third kappa shape index (κ3) is 4.72. The van der Waals surface area contributed by atoms with Crippen LogP contribution in [0.1, 0.15) is 23.7 Å². The molecule has 1 heterocycles. The molecule has 1 saturated heterocycles. The van der Waals surface area contributed by atoms with Crippen molar-refractivity contribution in [3.63, 3.8) is 0 Å². The highest BCUT2D eigenvalue weighted by Crippen LogP contribution is 2.31. The molecule has 0 atom stereocenters. The van der Waals surface area contributed by atoms with E-state index in [1.807, 2.05) is 17.9 Å². The summed E-state index contributed by atoms with van der Waals surface area (Å²) in [6.07, 6.45) is 0.504. The average Bonchev–Trinajstić information content (AvgIpc) is 2.67. The Morgan fingerprint density at radius 2 is 1.61 bits per heavy atom. The maximum atomic E-state index is 12.7. The Bertz CT molecular complexity index is 896. The van der Waals surface area contributed by atoms with Crippen LogP contribution >= 0.6 is 34.8 Å². The van der Waals surface area contributed by atoms with Crippen LogP contribution in [0.15, 0.2) is 36.4 Å². The van der Waals surface area contributed by atoms with Crippen LogP contribution in [0.25, 0.3) is 0 Å². The van der Waals surface area contributed by atoms with Crippen molar-refractivity contribution in [2.45, 2.75) is 13.3 Å². The normalized spacial score (nSPS) is 14.1. The van der Waals surface area contributed by atoms with Gasteiger partial charge < -0.3 is 15.1 Å². The van der Waals surface area contributed by atoms with Gasteiger partial charge in [-0.05, 0) is 36.4 Å². The van der Waals surface area contributed by atoms with Gasteiger partial charge in [0, 0.05) is 42.6 Å². The largest absolute Gasteiger partial charge is 0.366 e. The molecule has 1 aliphatic rings. The first-order valence-electron chi connectivity index (χ1n) is 8.97. The number of hydrogen-bond donors (Lipinski definition) is 1. The zero-order chi connectivity index (χ0) is 20.3. The number of carbonyl (C=O) groups excluding carboxylic acids is 2. The highest BCUT2D eigenvalue weighted by Gasteiger charge is 2.23. The van der Waals surface area contributed by atoms with Gasteiger partial charge in [0.05, 0.1) is 22.0 Å². The van der Waals surface area contributed by atoms with Crippen molar-refractivity contribution in [2.24, 2.45) is 0 Å². The van der Waals surface area contributed by atoms with E-state index < -0.39 is 0 Å². The van der Waals surface area contributed by atoms with Gasteiger partial charge in [0.25, 0.3) is 5.91 Å². The molecule has 0 saturated carbocycles. The molecule has 1 N–H and O–H groups in total. The number of carbonyl (C=O) groups is 2. The van der Waals surface area contributed by atoms with Crippen LogP contribution in [0, 0.1) is 0 Å². The minimum Gasteiger partial charge on any atom is -0.366 e. The summed E-state index contributed by atoms with van der Waals surface area (Å²) in [6.45, 7) is 4.51. The van der Waals surface area contributed by atoms with Crippen LogP contribution in [0.5, 0.6) is 0 Å². The third-order valence-corrected chi connectivity index (χ3v) is 5.44. The van der Waals surface area contributed by atoms with Crippen molar-refractivity contribution >= 4 is 58.0 Å². The lowest BCUT2D eigenvalue weighted by Crippen LogP contribution is -2.48. The molecule has 2 aromatic rings. The number of anilines is 2. The van der Waals surface area contributed by atoms with Crippen LogP contribution in [-0.4, -0.2) is 42.9 Å². The molecule has 2 amide bonds. The predicted molar refractivity (Wildman–Crippen MR) is 115 cm³/mol. The second-order valence-electron chi connectivity index (χ2n) is 6.46. The first kappa shape index (κ1) is 20.8. The highest BCUT2D eigenvalue weighted by molar-refractivity contribution is 6.37. The average molecular weight is 441 g/mol. The number of rotatable bonds is 4. The zero-order valence-electron chi connectivity index (χ0n) is 15.3. The van der Waals surface area contributed by atoms with Gasteiger partial charge in [0.1, 0.15) is 0 Å². The Morgan fingerprint density at radius 3 is 2.25 bits per heavy atom. The van der Waals surface area contributed by atoms with E-state index in [1.54, 1.807) is 24.3 Å². The number of amides is 2. The van der Waals surface area contributed by atoms with Gasteiger partial charge in [0.2, 0.25) is 5.91 Å². The fraction of sp³-hybridized carbons (Fsp3) is 0.300. The number of nitrogens with zero attached hydrogens (tertiary/aromatic N) is 2. The monoisotopic (exact) mass is 439 g/mol. The zero-order valence-corrected chi connectivity index (χ0v) is 17.6. The smallest absolute Gasteiger partial charge is 0.257 e. The lowest BCUT2D eigenvalue weighted by atomic mass is 10.1. The van der Waals surface area contributed by atoms with Crippen molar-refractivity contribution in [1.29, 1.82) is 0 Å². The fourth-order valence-electron chi connectivity index (χ4n) is 3.17. The van der Waals surface area contributed by atoms with Gasteiger partial charge >= 0.3 is 0 Å². The quantitative estimate of drug-likeness (QED) is 0.731. The van der Waals surface area contributed by atoms with Crippen LogP contribution < -0.4 is 10.2 Å². The topological polar surface area (TPSA) is 52.7 Å². The summed E-state index contributed by atoms with van der Waals surface area (Å²) >= 11 is 18.2. The van der Waals surface area contributed by atoms with Gasteiger partial charge in [-0.25, -0.2) is 0 Å². The Morgan fingerprint density at radius 1 is 0.964 bits per heavy atom. The molecular weight excluding hydrogens is 421 g/mol. The lowest BCUT2D eigenvalue weighted by Gasteiger charge is -2.37. The van der Waals surface area contributed by atoms with Crippen molar-refractivity contribution < 1.29 is 9.59 Å². The second kappa shape index (κ2) is 9.03. The number of piperazine rings is 1. The number of benzene rings is 2. The predicted octanol–water partition coefficient (Wildman–Crippen LogP) is 4.96. The van der Waals surface area contributed by atoms with Gasteiger partial charge in [-0.2, -0.15) is 0 Å². The molecule has 0 spiro atoms. The number of halogens is 3. The molecule has 8 heteroatoms.